The summed E-state index contributed by atoms with van der Waals surface area (Å²) in [5, 5.41) is 2.80. The summed E-state index contributed by atoms with van der Waals surface area (Å²) in [5.41, 5.74) is 0.685. The van der Waals surface area contributed by atoms with Crippen molar-refractivity contribution in [3.05, 3.63) is 16.7 Å². The van der Waals surface area contributed by atoms with E-state index < -0.39 is 0 Å². The Morgan fingerprint density at radius 3 is 2.81 bits per heavy atom. The summed E-state index contributed by atoms with van der Waals surface area (Å²) < 4.78 is 5.64. The van der Waals surface area contributed by atoms with Gasteiger partial charge in [-0.05, 0) is 27.9 Å². The van der Waals surface area contributed by atoms with Gasteiger partial charge in [-0.3, -0.25) is 4.79 Å². The van der Waals surface area contributed by atoms with E-state index in [0.717, 1.165) is 0 Å². The standard InChI is InChI=1S/C11H15BrN2O2/c1-7(2)4-10(15)13-8-5-9(12)14-11(6-8)16-3/h5-7H,4H2,1-3H3,(H,13,14,15). The number of halogens is 1. The van der Waals surface area contributed by atoms with Gasteiger partial charge in [0.1, 0.15) is 4.60 Å². The molecule has 0 aliphatic carbocycles. The number of aromatic nitrogens is 1. The first-order chi connectivity index (χ1) is 7.51. The molecule has 1 aromatic rings. The van der Waals surface area contributed by atoms with Gasteiger partial charge in [-0.25, -0.2) is 4.98 Å². The lowest BCUT2D eigenvalue weighted by atomic mass is 10.1. The number of rotatable bonds is 4. The van der Waals surface area contributed by atoms with Crippen LogP contribution in [0.15, 0.2) is 16.7 Å². The van der Waals surface area contributed by atoms with Gasteiger partial charge in [-0.2, -0.15) is 0 Å². The number of amides is 1. The molecule has 1 amide bonds. The summed E-state index contributed by atoms with van der Waals surface area (Å²) in [4.78, 5) is 15.6. The monoisotopic (exact) mass is 286 g/mol. The van der Waals surface area contributed by atoms with E-state index in [2.05, 4.69) is 26.2 Å². The van der Waals surface area contributed by atoms with Gasteiger partial charge < -0.3 is 10.1 Å². The SMILES string of the molecule is COc1cc(NC(=O)CC(C)C)cc(Br)n1. The minimum absolute atomic E-state index is 0.00449. The van der Waals surface area contributed by atoms with Crippen molar-refractivity contribution in [2.75, 3.05) is 12.4 Å². The number of methoxy groups -OCH3 is 1. The molecule has 16 heavy (non-hydrogen) atoms. The van der Waals surface area contributed by atoms with Crippen molar-refractivity contribution in [1.29, 1.82) is 0 Å². The number of pyridine rings is 1. The number of hydrogen-bond acceptors (Lipinski definition) is 3. The van der Waals surface area contributed by atoms with E-state index in [0.29, 0.717) is 28.5 Å². The summed E-state index contributed by atoms with van der Waals surface area (Å²) in [6.07, 6.45) is 0.502. The van der Waals surface area contributed by atoms with Crippen LogP contribution < -0.4 is 10.1 Å². The Morgan fingerprint density at radius 1 is 1.56 bits per heavy atom. The van der Waals surface area contributed by atoms with Crippen LogP contribution in [-0.4, -0.2) is 18.0 Å². The average Bonchev–Trinajstić information content (AvgIpc) is 2.14. The summed E-state index contributed by atoms with van der Waals surface area (Å²) in [6, 6.07) is 3.42. The van der Waals surface area contributed by atoms with Crippen LogP contribution >= 0.6 is 15.9 Å². The molecule has 0 bridgehead atoms. The van der Waals surface area contributed by atoms with Crippen LogP contribution in [0.1, 0.15) is 20.3 Å². The van der Waals surface area contributed by atoms with E-state index in [4.69, 9.17) is 4.74 Å². The molecule has 0 aliphatic heterocycles. The summed E-state index contributed by atoms with van der Waals surface area (Å²) in [6.45, 7) is 4.01. The quantitative estimate of drug-likeness (QED) is 0.866. The molecule has 0 radical (unpaired) electrons. The van der Waals surface area contributed by atoms with Gasteiger partial charge in [0.15, 0.2) is 0 Å². The molecule has 0 saturated heterocycles. The van der Waals surface area contributed by atoms with Crippen LogP contribution in [0, 0.1) is 5.92 Å². The Hall–Kier alpha value is -1.10. The molecule has 0 saturated carbocycles. The number of carbonyl (C=O) groups is 1. The van der Waals surface area contributed by atoms with Crippen LogP contribution in [0.5, 0.6) is 5.88 Å². The molecule has 5 heteroatoms. The largest absolute Gasteiger partial charge is 0.481 e. The summed E-state index contributed by atoms with van der Waals surface area (Å²) >= 11 is 3.25. The zero-order chi connectivity index (χ0) is 12.1. The Kier molecular flexibility index (Phi) is 4.73. The van der Waals surface area contributed by atoms with Crippen molar-refractivity contribution in [2.45, 2.75) is 20.3 Å². The van der Waals surface area contributed by atoms with Crippen molar-refractivity contribution in [1.82, 2.24) is 4.98 Å². The van der Waals surface area contributed by atoms with Gasteiger partial charge >= 0.3 is 0 Å². The van der Waals surface area contributed by atoms with Crippen molar-refractivity contribution in [2.24, 2.45) is 5.92 Å². The summed E-state index contributed by atoms with van der Waals surface area (Å²) in [7, 11) is 1.54. The number of nitrogens with zero attached hydrogens (tertiary/aromatic N) is 1. The number of nitrogens with one attached hydrogen (secondary N) is 1. The molecule has 0 spiro atoms. The predicted octanol–water partition coefficient (Wildman–Crippen LogP) is 2.84. The molecule has 4 nitrogen and oxygen atoms in total. The third-order valence-corrected chi connectivity index (χ3v) is 2.26. The fourth-order valence-electron chi connectivity index (χ4n) is 1.23. The van der Waals surface area contributed by atoms with Crippen molar-refractivity contribution in [3.8, 4) is 5.88 Å². The lowest BCUT2D eigenvalue weighted by molar-refractivity contribution is -0.116. The molecule has 0 aromatic carbocycles. The van der Waals surface area contributed by atoms with Crippen LogP contribution in [0.4, 0.5) is 5.69 Å². The molecule has 0 fully saturated rings. The van der Waals surface area contributed by atoms with E-state index in [1.807, 2.05) is 13.8 Å². The molecular weight excluding hydrogens is 272 g/mol. The second kappa shape index (κ2) is 5.84. The van der Waals surface area contributed by atoms with E-state index in [1.165, 1.54) is 7.11 Å². The molecule has 88 valence electrons. The first-order valence-corrected chi connectivity index (χ1v) is 5.82. The Labute approximate surface area is 104 Å². The third-order valence-electron chi connectivity index (χ3n) is 1.86. The first kappa shape index (κ1) is 13.0. The smallest absolute Gasteiger partial charge is 0.224 e. The molecule has 0 aliphatic rings. The van der Waals surface area contributed by atoms with Crippen molar-refractivity contribution >= 4 is 27.5 Å². The third kappa shape index (κ3) is 4.18. The van der Waals surface area contributed by atoms with E-state index in [9.17, 15) is 4.79 Å². The molecule has 0 atom stereocenters. The molecule has 1 N–H and O–H groups in total. The zero-order valence-electron chi connectivity index (χ0n) is 9.58. The highest BCUT2D eigenvalue weighted by atomic mass is 79.9. The minimum atomic E-state index is -0.00449. The lowest BCUT2D eigenvalue weighted by Gasteiger charge is -2.08. The van der Waals surface area contributed by atoms with E-state index in [-0.39, 0.29) is 5.91 Å². The molecule has 0 unspecified atom stereocenters. The maximum Gasteiger partial charge on any atom is 0.224 e. The average molecular weight is 287 g/mol. The highest BCUT2D eigenvalue weighted by Crippen LogP contribution is 2.20. The molecule has 1 heterocycles. The highest BCUT2D eigenvalue weighted by Gasteiger charge is 2.07. The fraction of sp³-hybridized carbons (Fsp3) is 0.455. The fourth-order valence-corrected chi connectivity index (χ4v) is 1.65. The lowest BCUT2D eigenvalue weighted by Crippen LogP contribution is -2.14. The molecule has 1 aromatic heterocycles. The summed E-state index contributed by atoms with van der Waals surface area (Å²) in [5.74, 6) is 0.802. The van der Waals surface area contributed by atoms with E-state index >= 15 is 0 Å². The normalized spacial score (nSPS) is 10.3. The maximum absolute atomic E-state index is 11.5. The van der Waals surface area contributed by atoms with Crippen LogP contribution in [0.2, 0.25) is 0 Å². The second-order valence-corrected chi connectivity index (χ2v) is 4.68. The minimum Gasteiger partial charge on any atom is -0.481 e. The first-order valence-electron chi connectivity index (χ1n) is 5.02. The Morgan fingerprint density at radius 2 is 2.25 bits per heavy atom. The Balaban J connectivity index is 2.73. The van der Waals surface area contributed by atoms with Crippen LogP contribution in [-0.2, 0) is 4.79 Å². The van der Waals surface area contributed by atoms with Gasteiger partial charge in [-0.15, -0.1) is 0 Å². The van der Waals surface area contributed by atoms with Gasteiger partial charge in [0.05, 0.1) is 7.11 Å². The van der Waals surface area contributed by atoms with Gasteiger partial charge in [0.2, 0.25) is 11.8 Å². The highest BCUT2D eigenvalue weighted by molar-refractivity contribution is 9.10. The van der Waals surface area contributed by atoms with E-state index in [1.54, 1.807) is 12.1 Å². The number of ether oxygens (including phenoxy) is 1. The van der Waals surface area contributed by atoms with Crippen LogP contribution in [0.25, 0.3) is 0 Å². The zero-order valence-corrected chi connectivity index (χ0v) is 11.2. The van der Waals surface area contributed by atoms with Crippen LogP contribution in [0.3, 0.4) is 0 Å². The number of carbonyl (C=O) groups excluding carboxylic acids is 1. The molecule has 1 rings (SSSR count). The maximum atomic E-state index is 11.5. The molecular formula is C11H15BrN2O2. The van der Waals surface area contributed by atoms with Crippen molar-refractivity contribution in [3.63, 3.8) is 0 Å². The van der Waals surface area contributed by atoms with Crippen molar-refractivity contribution < 1.29 is 9.53 Å². The number of anilines is 1. The van der Waals surface area contributed by atoms with Gasteiger partial charge in [-0.1, -0.05) is 13.8 Å². The van der Waals surface area contributed by atoms with Gasteiger partial charge in [0.25, 0.3) is 0 Å². The van der Waals surface area contributed by atoms with Gasteiger partial charge in [0, 0.05) is 18.2 Å². The Bertz CT molecular complexity index is 380. The second-order valence-electron chi connectivity index (χ2n) is 3.87. The predicted molar refractivity (Wildman–Crippen MR) is 66.6 cm³/mol. The topological polar surface area (TPSA) is 51.2 Å². The number of hydrogen-bond donors (Lipinski definition) is 1.